The van der Waals surface area contributed by atoms with Crippen LogP contribution in [0.25, 0.3) is 0 Å². The van der Waals surface area contributed by atoms with Gasteiger partial charge in [-0.15, -0.1) is 0 Å². The fourth-order valence-corrected chi connectivity index (χ4v) is 4.47. The molecular formula is C21H19N3O7S. The molecule has 0 bridgehead atoms. The minimum absolute atomic E-state index is 0.0626. The number of nitrogens with two attached hydrogens (primary N) is 1. The first kappa shape index (κ1) is 22.6. The number of hydrogen-bond donors (Lipinski definition) is 2. The standard InChI is InChI=1S/C21H19N3O7S/c1-30-14-8-11-18(31-2)17(12-14)23-21(25)20-16(22)4-3-5-19(20)32(28,29)15-9-6-13(7-10-15)24(26)27/h3-12H,22H2,1-2H3,(H,23,25). The molecule has 3 aromatic carbocycles. The molecule has 0 aliphatic rings. The molecule has 32 heavy (non-hydrogen) atoms. The van der Waals surface area contributed by atoms with Crippen molar-refractivity contribution in [2.45, 2.75) is 9.79 Å². The smallest absolute Gasteiger partial charge is 0.269 e. The average molecular weight is 457 g/mol. The Balaban J connectivity index is 2.06. The van der Waals surface area contributed by atoms with Gasteiger partial charge in [0.1, 0.15) is 11.5 Å². The van der Waals surface area contributed by atoms with Gasteiger partial charge in [0.2, 0.25) is 9.84 Å². The quantitative estimate of drug-likeness (QED) is 0.312. The molecular weight excluding hydrogens is 438 g/mol. The SMILES string of the molecule is COc1ccc(OC)c(NC(=O)c2c(N)cccc2S(=O)(=O)c2ccc([N+](=O)[O-])cc2)c1. The van der Waals surface area contributed by atoms with Crippen molar-refractivity contribution in [3.63, 3.8) is 0 Å². The number of hydrogen-bond acceptors (Lipinski definition) is 8. The van der Waals surface area contributed by atoms with Gasteiger partial charge in [-0.2, -0.15) is 0 Å². The second-order valence-electron chi connectivity index (χ2n) is 6.50. The summed E-state index contributed by atoms with van der Waals surface area (Å²) < 4.78 is 36.8. The number of non-ortho nitro benzene ring substituents is 1. The Morgan fingerprint density at radius 3 is 2.31 bits per heavy atom. The summed E-state index contributed by atoms with van der Waals surface area (Å²) in [5.74, 6) is -0.00979. The van der Waals surface area contributed by atoms with Gasteiger partial charge in [-0.05, 0) is 36.4 Å². The van der Waals surface area contributed by atoms with Crippen molar-refractivity contribution >= 4 is 32.8 Å². The van der Waals surface area contributed by atoms with E-state index in [4.69, 9.17) is 15.2 Å². The van der Waals surface area contributed by atoms with E-state index >= 15 is 0 Å². The van der Waals surface area contributed by atoms with Crippen LogP contribution in [0.3, 0.4) is 0 Å². The van der Waals surface area contributed by atoms with Crippen molar-refractivity contribution in [2.75, 3.05) is 25.3 Å². The fraction of sp³-hybridized carbons (Fsp3) is 0.0952. The number of nitrogens with one attached hydrogen (secondary N) is 1. The molecule has 0 unspecified atom stereocenters. The molecule has 3 N–H and O–H groups in total. The summed E-state index contributed by atoms with van der Waals surface area (Å²) in [6.45, 7) is 0. The Labute approximate surface area is 183 Å². The van der Waals surface area contributed by atoms with Gasteiger partial charge in [0.05, 0.1) is 40.2 Å². The fourth-order valence-electron chi connectivity index (χ4n) is 2.99. The third kappa shape index (κ3) is 4.32. The van der Waals surface area contributed by atoms with E-state index in [9.17, 15) is 23.3 Å². The van der Waals surface area contributed by atoms with Gasteiger partial charge in [0.15, 0.2) is 0 Å². The maximum absolute atomic E-state index is 13.2. The zero-order valence-electron chi connectivity index (χ0n) is 17.1. The summed E-state index contributed by atoms with van der Waals surface area (Å²) in [6, 6.07) is 13.1. The molecule has 3 aromatic rings. The lowest BCUT2D eigenvalue weighted by Crippen LogP contribution is -2.19. The van der Waals surface area contributed by atoms with E-state index in [0.29, 0.717) is 11.5 Å². The molecule has 1 amide bonds. The maximum Gasteiger partial charge on any atom is 0.269 e. The van der Waals surface area contributed by atoms with Gasteiger partial charge in [0.25, 0.3) is 11.6 Å². The molecule has 0 fully saturated rings. The van der Waals surface area contributed by atoms with E-state index in [1.54, 1.807) is 12.1 Å². The number of ether oxygens (including phenoxy) is 2. The van der Waals surface area contributed by atoms with Gasteiger partial charge >= 0.3 is 0 Å². The summed E-state index contributed by atoms with van der Waals surface area (Å²) in [5.41, 5.74) is 5.62. The van der Waals surface area contributed by atoms with E-state index < -0.39 is 20.7 Å². The minimum Gasteiger partial charge on any atom is -0.497 e. The number of carbonyl (C=O) groups excluding carboxylic acids is 1. The maximum atomic E-state index is 13.2. The van der Waals surface area contributed by atoms with E-state index in [-0.39, 0.29) is 32.4 Å². The second-order valence-corrected chi connectivity index (χ2v) is 8.41. The molecule has 10 nitrogen and oxygen atoms in total. The van der Waals surface area contributed by atoms with E-state index in [1.807, 2.05) is 0 Å². The Bertz CT molecular complexity index is 1290. The Hall–Kier alpha value is -4.12. The molecule has 0 aliphatic carbocycles. The van der Waals surface area contributed by atoms with Gasteiger partial charge in [0, 0.05) is 23.9 Å². The number of anilines is 2. The highest BCUT2D eigenvalue weighted by Crippen LogP contribution is 2.32. The topological polar surface area (TPSA) is 151 Å². The summed E-state index contributed by atoms with van der Waals surface area (Å²) in [6.07, 6.45) is 0. The van der Waals surface area contributed by atoms with Crippen molar-refractivity contribution in [2.24, 2.45) is 0 Å². The lowest BCUT2D eigenvalue weighted by atomic mass is 10.1. The van der Waals surface area contributed by atoms with Crippen LogP contribution in [-0.4, -0.2) is 33.5 Å². The van der Waals surface area contributed by atoms with Gasteiger partial charge in [-0.3, -0.25) is 14.9 Å². The molecule has 0 radical (unpaired) electrons. The normalized spacial score (nSPS) is 10.9. The molecule has 0 heterocycles. The average Bonchev–Trinajstić information content (AvgIpc) is 2.78. The van der Waals surface area contributed by atoms with Crippen LogP contribution in [0, 0.1) is 10.1 Å². The zero-order chi connectivity index (χ0) is 23.5. The highest BCUT2D eigenvalue weighted by molar-refractivity contribution is 7.91. The van der Waals surface area contributed by atoms with Crippen molar-refractivity contribution in [3.05, 3.63) is 76.3 Å². The van der Waals surface area contributed by atoms with Gasteiger partial charge < -0.3 is 20.5 Å². The summed E-state index contributed by atoms with van der Waals surface area (Å²) in [4.78, 5) is 22.8. The summed E-state index contributed by atoms with van der Waals surface area (Å²) in [7, 11) is -1.35. The van der Waals surface area contributed by atoms with E-state index in [0.717, 1.165) is 24.3 Å². The molecule has 0 spiro atoms. The van der Waals surface area contributed by atoms with Crippen LogP contribution in [-0.2, 0) is 9.84 Å². The van der Waals surface area contributed by atoms with Crippen molar-refractivity contribution in [3.8, 4) is 11.5 Å². The Morgan fingerprint density at radius 2 is 1.72 bits per heavy atom. The molecule has 3 rings (SSSR count). The number of amides is 1. The van der Waals surface area contributed by atoms with Crippen LogP contribution in [0.4, 0.5) is 17.1 Å². The van der Waals surface area contributed by atoms with Crippen molar-refractivity contribution < 1.29 is 27.6 Å². The molecule has 0 aromatic heterocycles. The number of carbonyl (C=O) groups is 1. The first-order valence-corrected chi connectivity index (χ1v) is 10.6. The van der Waals surface area contributed by atoms with Gasteiger partial charge in [-0.25, -0.2) is 8.42 Å². The third-order valence-corrected chi connectivity index (χ3v) is 6.40. The van der Waals surface area contributed by atoms with Crippen LogP contribution in [0.15, 0.2) is 70.5 Å². The largest absolute Gasteiger partial charge is 0.497 e. The number of nitrogen functional groups attached to an aromatic ring is 1. The molecule has 0 atom stereocenters. The lowest BCUT2D eigenvalue weighted by Gasteiger charge is -2.15. The number of methoxy groups -OCH3 is 2. The summed E-state index contributed by atoms with van der Waals surface area (Å²) in [5, 5.41) is 13.5. The second kappa shape index (κ2) is 8.94. The predicted molar refractivity (Wildman–Crippen MR) is 117 cm³/mol. The van der Waals surface area contributed by atoms with Crippen LogP contribution in [0.1, 0.15) is 10.4 Å². The Morgan fingerprint density at radius 1 is 1.03 bits per heavy atom. The number of nitrogens with zero attached hydrogens (tertiary/aromatic N) is 1. The highest BCUT2D eigenvalue weighted by atomic mass is 32.2. The number of rotatable bonds is 7. The first-order chi connectivity index (χ1) is 15.2. The van der Waals surface area contributed by atoms with Crippen LogP contribution < -0.4 is 20.5 Å². The lowest BCUT2D eigenvalue weighted by molar-refractivity contribution is -0.384. The summed E-state index contributed by atoms with van der Waals surface area (Å²) >= 11 is 0. The van der Waals surface area contributed by atoms with Crippen molar-refractivity contribution in [1.82, 2.24) is 0 Å². The van der Waals surface area contributed by atoms with Gasteiger partial charge in [-0.1, -0.05) is 6.07 Å². The third-order valence-electron chi connectivity index (χ3n) is 4.59. The molecule has 166 valence electrons. The van der Waals surface area contributed by atoms with E-state index in [2.05, 4.69) is 5.32 Å². The number of nitro benzene ring substituents is 1. The molecule has 11 heteroatoms. The molecule has 0 saturated heterocycles. The van der Waals surface area contributed by atoms with Crippen LogP contribution in [0.5, 0.6) is 11.5 Å². The van der Waals surface area contributed by atoms with Crippen LogP contribution in [0.2, 0.25) is 0 Å². The Kier molecular flexibility index (Phi) is 6.30. The monoisotopic (exact) mass is 457 g/mol. The highest BCUT2D eigenvalue weighted by Gasteiger charge is 2.27. The first-order valence-electron chi connectivity index (χ1n) is 9.10. The number of sulfone groups is 1. The molecule has 0 aliphatic heterocycles. The zero-order valence-corrected chi connectivity index (χ0v) is 17.9. The number of benzene rings is 3. The van der Waals surface area contributed by atoms with Crippen molar-refractivity contribution in [1.29, 1.82) is 0 Å². The minimum atomic E-state index is -4.22. The van der Waals surface area contributed by atoms with E-state index in [1.165, 1.54) is 38.5 Å². The number of nitro groups is 1. The molecule has 0 saturated carbocycles. The van der Waals surface area contributed by atoms with Crippen LogP contribution >= 0.6 is 0 Å². The predicted octanol–water partition coefficient (Wildman–Crippen LogP) is 3.28.